The highest BCUT2D eigenvalue weighted by Crippen LogP contribution is 2.37. The number of carbonyl (C=O) groups excluding carboxylic acids is 2. The van der Waals surface area contributed by atoms with E-state index in [2.05, 4.69) is 5.32 Å². The number of nitrogens with one attached hydrogen (secondary N) is 1. The minimum absolute atomic E-state index is 0.0463. The van der Waals surface area contributed by atoms with Gasteiger partial charge in [-0.15, -0.1) is 0 Å². The molecular formula is C32H28N2O4S. The first-order valence-corrected chi connectivity index (χ1v) is 14.1. The average molecular weight is 537 g/mol. The molecule has 0 unspecified atom stereocenters. The predicted molar refractivity (Wildman–Crippen MR) is 153 cm³/mol. The number of rotatable bonds is 8. The SMILES string of the molecule is CC(C)NC1=C(C(=O)c2ccccc2)N(CC(=O)c2ccc(-c3ccccc3)cc2)S(=O)(=O)c2ccccc21. The Bertz CT molecular complexity index is 1660. The second kappa shape index (κ2) is 10.7. The molecule has 6 nitrogen and oxygen atoms in total. The molecule has 0 saturated heterocycles. The number of nitrogens with zero attached hydrogens (tertiary/aromatic N) is 1. The monoisotopic (exact) mass is 536 g/mol. The molecule has 0 amide bonds. The zero-order chi connectivity index (χ0) is 27.6. The van der Waals surface area contributed by atoms with E-state index in [1.807, 2.05) is 56.3 Å². The molecule has 4 aromatic rings. The van der Waals surface area contributed by atoms with Gasteiger partial charge in [0.25, 0.3) is 10.0 Å². The largest absolute Gasteiger partial charge is 0.381 e. The Morgan fingerprint density at radius 2 is 1.28 bits per heavy atom. The van der Waals surface area contributed by atoms with E-state index in [9.17, 15) is 18.0 Å². The van der Waals surface area contributed by atoms with Gasteiger partial charge in [0.15, 0.2) is 5.78 Å². The van der Waals surface area contributed by atoms with Gasteiger partial charge in [0.1, 0.15) is 5.70 Å². The lowest BCUT2D eigenvalue weighted by Crippen LogP contribution is -2.43. The van der Waals surface area contributed by atoms with Crippen LogP contribution in [0.1, 0.15) is 40.1 Å². The van der Waals surface area contributed by atoms with E-state index < -0.39 is 28.1 Å². The Hall–Kier alpha value is -4.49. The summed E-state index contributed by atoms with van der Waals surface area (Å²) < 4.78 is 28.9. The van der Waals surface area contributed by atoms with Crippen molar-refractivity contribution in [2.45, 2.75) is 24.8 Å². The van der Waals surface area contributed by atoms with Crippen LogP contribution in [0.2, 0.25) is 0 Å². The van der Waals surface area contributed by atoms with Crippen LogP contribution in [0.3, 0.4) is 0 Å². The highest BCUT2D eigenvalue weighted by molar-refractivity contribution is 7.89. The Labute approximate surface area is 228 Å². The first-order valence-electron chi connectivity index (χ1n) is 12.7. The number of fused-ring (bicyclic) bond motifs is 1. The summed E-state index contributed by atoms with van der Waals surface area (Å²) in [5, 5.41) is 3.29. The molecule has 0 spiro atoms. The van der Waals surface area contributed by atoms with Crippen LogP contribution in [0.15, 0.2) is 120 Å². The molecule has 7 heteroatoms. The van der Waals surface area contributed by atoms with Crippen molar-refractivity contribution in [1.82, 2.24) is 9.62 Å². The number of hydrogen-bond acceptors (Lipinski definition) is 5. The van der Waals surface area contributed by atoms with E-state index in [-0.39, 0.29) is 16.6 Å². The van der Waals surface area contributed by atoms with Crippen molar-refractivity contribution in [3.8, 4) is 11.1 Å². The second-order valence-electron chi connectivity index (χ2n) is 9.59. The predicted octanol–water partition coefficient (Wildman–Crippen LogP) is 5.79. The van der Waals surface area contributed by atoms with Gasteiger partial charge in [-0.1, -0.05) is 103 Å². The second-order valence-corrected chi connectivity index (χ2v) is 11.4. The highest BCUT2D eigenvalue weighted by atomic mass is 32.2. The number of carbonyl (C=O) groups is 2. The summed E-state index contributed by atoms with van der Waals surface area (Å²) in [6.45, 7) is 3.30. The van der Waals surface area contributed by atoms with Crippen LogP contribution < -0.4 is 5.32 Å². The van der Waals surface area contributed by atoms with Crippen LogP contribution in [0.5, 0.6) is 0 Å². The van der Waals surface area contributed by atoms with Gasteiger partial charge in [-0.3, -0.25) is 13.9 Å². The summed E-state index contributed by atoms with van der Waals surface area (Å²) in [5.74, 6) is -0.899. The Morgan fingerprint density at radius 1 is 0.718 bits per heavy atom. The molecule has 1 N–H and O–H groups in total. The van der Waals surface area contributed by atoms with E-state index in [1.54, 1.807) is 60.7 Å². The maximum absolute atomic E-state index is 13.9. The number of Topliss-reactive ketones (excluding diaryl/α,β-unsaturated/α-hetero) is 2. The standard InChI is InChI=1S/C32H28N2O4S/c1-22(2)33-30-27-15-9-10-16-29(27)39(37,38)34(31(30)32(36)26-13-7-4-8-14-26)21-28(35)25-19-17-24(18-20-25)23-11-5-3-6-12-23/h3-20,22,33H,21H2,1-2H3. The normalized spacial score (nSPS) is 14.2. The highest BCUT2D eigenvalue weighted by Gasteiger charge is 2.41. The zero-order valence-electron chi connectivity index (χ0n) is 21.7. The number of ketones is 2. The van der Waals surface area contributed by atoms with Gasteiger partial charge in [0.2, 0.25) is 5.78 Å². The fourth-order valence-corrected chi connectivity index (χ4v) is 6.28. The van der Waals surface area contributed by atoms with Gasteiger partial charge >= 0.3 is 0 Å². The third-order valence-electron chi connectivity index (χ3n) is 6.50. The zero-order valence-corrected chi connectivity index (χ0v) is 22.5. The fraction of sp³-hybridized carbons (Fsp3) is 0.125. The van der Waals surface area contributed by atoms with Crippen molar-refractivity contribution in [2.24, 2.45) is 0 Å². The van der Waals surface area contributed by atoms with Gasteiger partial charge in [-0.2, -0.15) is 0 Å². The van der Waals surface area contributed by atoms with Gasteiger partial charge in [-0.25, -0.2) is 8.42 Å². The van der Waals surface area contributed by atoms with E-state index >= 15 is 0 Å². The molecule has 0 fully saturated rings. The Balaban J connectivity index is 1.60. The molecule has 5 rings (SSSR count). The molecule has 1 heterocycles. The molecule has 0 atom stereocenters. The fourth-order valence-electron chi connectivity index (χ4n) is 4.64. The molecule has 196 valence electrons. The molecule has 1 aliphatic heterocycles. The lowest BCUT2D eigenvalue weighted by molar-refractivity contribution is 0.0958. The van der Waals surface area contributed by atoms with Crippen molar-refractivity contribution < 1.29 is 18.0 Å². The van der Waals surface area contributed by atoms with E-state index in [0.29, 0.717) is 22.4 Å². The molecule has 0 aromatic heterocycles. The molecule has 4 aromatic carbocycles. The third-order valence-corrected chi connectivity index (χ3v) is 8.30. The van der Waals surface area contributed by atoms with Crippen LogP contribution in [0.4, 0.5) is 0 Å². The topological polar surface area (TPSA) is 83.6 Å². The maximum atomic E-state index is 13.9. The van der Waals surface area contributed by atoms with Gasteiger partial charge in [0.05, 0.1) is 17.1 Å². The molecule has 39 heavy (non-hydrogen) atoms. The van der Waals surface area contributed by atoms with Gasteiger partial charge < -0.3 is 5.32 Å². The summed E-state index contributed by atoms with van der Waals surface area (Å²) >= 11 is 0. The van der Waals surface area contributed by atoms with Crippen molar-refractivity contribution in [3.63, 3.8) is 0 Å². The minimum Gasteiger partial charge on any atom is -0.381 e. The van der Waals surface area contributed by atoms with Gasteiger partial charge in [0, 0.05) is 22.7 Å². The summed E-state index contributed by atoms with van der Waals surface area (Å²) in [5.41, 5.74) is 3.36. The molecular weight excluding hydrogens is 508 g/mol. The van der Waals surface area contributed by atoms with E-state index in [0.717, 1.165) is 15.4 Å². The van der Waals surface area contributed by atoms with Crippen LogP contribution in [-0.2, 0) is 10.0 Å². The van der Waals surface area contributed by atoms with Crippen LogP contribution in [-0.4, -0.2) is 36.9 Å². The quantitative estimate of drug-likeness (QED) is 0.288. The van der Waals surface area contributed by atoms with E-state index in [1.165, 1.54) is 6.07 Å². The third kappa shape index (κ3) is 5.13. The first-order chi connectivity index (χ1) is 18.8. The number of allylic oxidation sites excluding steroid dienone is 1. The van der Waals surface area contributed by atoms with Crippen molar-refractivity contribution >= 4 is 27.3 Å². The molecule has 0 saturated carbocycles. The summed E-state index contributed by atoms with van der Waals surface area (Å²) in [7, 11) is -4.21. The lowest BCUT2D eigenvalue weighted by atomic mass is 10.0. The molecule has 0 bridgehead atoms. The number of sulfonamides is 1. The summed E-state index contributed by atoms with van der Waals surface area (Å²) in [6, 6.07) is 31.7. The summed E-state index contributed by atoms with van der Waals surface area (Å²) in [4.78, 5) is 27.5. The van der Waals surface area contributed by atoms with Crippen molar-refractivity contribution in [2.75, 3.05) is 6.54 Å². The van der Waals surface area contributed by atoms with Crippen LogP contribution in [0, 0.1) is 0 Å². The first kappa shape index (κ1) is 26.1. The summed E-state index contributed by atoms with van der Waals surface area (Å²) in [6.07, 6.45) is 0. The Morgan fingerprint density at radius 3 is 1.92 bits per heavy atom. The van der Waals surface area contributed by atoms with Crippen LogP contribution in [0.25, 0.3) is 16.8 Å². The number of hydrogen-bond donors (Lipinski definition) is 1. The lowest BCUT2D eigenvalue weighted by Gasteiger charge is -2.34. The molecule has 0 radical (unpaired) electrons. The average Bonchev–Trinajstić information content (AvgIpc) is 2.96. The maximum Gasteiger partial charge on any atom is 0.265 e. The van der Waals surface area contributed by atoms with Crippen LogP contribution >= 0.6 is 0 Å². The van der Waals surface area contributed by atoms with Crippen molar-refractivity contribution in [1.29, 1.82) is 0 Å². The Kier molecular flexibility index (Phi) is 7.17. The van der Waals surface area contributed by atoms with Gasteiger partial charge in [-0.05, 0) is 31.0 Å². The van der Waals surface area contributed by atoms with Crippen molar-refractivity contribution in [3.05, 3.63) is 132 Å². The van der Waals surface area contributed by atoms with E-state index in [4.69, 9.17) is 0 Å². The minimum atomic E-state index is -4.21. The molecule has 0 aliphatic carbocycles. The smallest absolute Gasteiger partial charge is 0.265 e. The molecule has 1 aliphatic rings. The number of benzene rings is 4.